The number of hydrogen-bond acceptors (Lipinski definition) is 3. The molecule has 0 bridgehead atoms. The van der Waals surface area contributed by atoms with Crippen LogP contribution in [0.4, 0.5) is 0 Å². The summed E-state index contributed by atoms with van der Waals surface area (Å²) in [6, 6.07) is 6.19. The molecule has 100 valence electrons. The maximum atomic E-state index is 11.8. The van der Waals surface area contributed by atoms with E-state index < -0.39 is 5.97 Å². The average Bonchev–Trinajstić information content (AvgIpc) is 2.80. The predicted molar refractivity (Wildman–Crippen MR) is 69.4 cm³/mol. The molecule has 6 nitrogen and oxygen atoms in total. The highest BCUT2D eigenvalue weighted by Crippen LogP contribution is 2.06. The van der Waals surface area contributed by atoms with Crippen molar-refractivity contribution < 1.29 is 9.90 Å². The number of carbonyl (C=O) groups is 1. The van der Waals surface area contributed by atoms with E-state index >= 15 is 0 Å². The molecule has 0 aromatic carbocycles. The van der Waals surface area contributed by atoms with Crippen molar-refractivity contribution in [3.63, 3.8) is 0 Å². The van der Waals surface area contributed by atoms with Gasteiger partial charge in [0.1, 0.15) is 5.69 Å². The second kappa shape index (κ2) is 5.09. The maximum Gasteiger partial charge on any atom is 0.352 e. The molecule has 0 aliphatic rings. The van der Waals surface area contributed by atoms with E-state index in [2.05, 4.69) is 5.10 Å². The van der Waals surface area contributed by atoms with Crippen molar-refractivity contribution in [1.82, 2.24) is 14.3 Å². The fraction of sp³-hybridized carbons (Fsp3) is 0.308. The largest absolute Gasteiger partial charge is 0.477 e. The SMILES string of the molecule is CC(C)n1ccc(Cn2c(C(=O)O)cccc2=O)n1. The Morgan fingerprint density at radius 3 is 2.68 bits per heavy atom. The lowest BCUT2D eigenvalue weighted by atomic mass is 10.3. The minimum atomic E-state index is -1.12. The highest BCUT2D eigenvalue weighted by atomic mass is 16.4. The van der Waals surface area contributed by atoms with E-state index in [9.17, 15) is 9.59 Å². The van der Waals surface area contributed by atoms with E-state index in [1.54, 1.807) is 10.7 Å². The van der Waals surface area contributed by atoms with Crippen LogP contribution < -0.4 is 5.56 Å². The normalized spacial score (nSPS) is 10.9. The van der Waals surface area contributed by atoms with Crippen LogP contribution in [-0.2, 0) is 6.54 Å². The van der Waals surface area contributed by atoms with Gasteiger partial charge in [-0.15, -0.1) is 0 Å². The molecule has 0 spiro atoms. The average molecular weight is 261 g/mol. The molecule has 0 unspecified atom stereocenters. The molecule has 2 heterocycles. The van der Waals surface area contributed by atoms with E-state index in [1.807, 2.05) is 20.0 Å². The van der Waals surface area contributed by atoms with Crippen LogP contribution >= 0.6 is 0 Å². The molecule has 0 fully saturated rings. The van der Waals surface area contributed by atoms with Crippen LogP contribution in [0.2, 0.25) is 0 Å². The van der Waals surface area contributed by atoms with Crippen LogP contribution in [-0.4, -0.2) is 25.4 Å². The molecule has 0 atom stereocenters. The highest BCUT2D eigenvalue weighted by Gasteiger charge is 2.12. The lowest BCUT2D eigenvalue weighted by Crippen LogP contribution is -2.25. The second-order valence-corrected chi connectivity index (χ2v) is 4.52. The summed E-state index contributed by atoms with van der Waals surface area (Å²) in [6.07, 6.45) is 1.81. The van der Waals surface area contributed by atoms with Gasteiger partial charge >= 0.3 is 5.97 Å². The van der Waals surface area contributed by atoms with Gasteiger partial charge in [0, 0.05) is 18.3 Å². The van der Waals surface area contributed by atoms with Crippen molar-refractivity contribution in [1.29, 1.82) is 0 Å². The fourth-order valence-corrected chi connectivity index (χ4v) is 1.78. The van der Waals surface area contributed by atoms with Gasteiger partial charge in [-0.1, -0.05) is 6.07 Å². The molecule has 6 heteroatoms. The van der Waals surface area contributed by atoms with Crippen LogP contribution in [0.3, 0.4) is 0 Å². The van der Waals surface area contributed by atoms with Crippen molar-refractivity contribution in [3.8, 4) is 0 Å². The third-order valence-corrected chi connectivity index (χ3v) is 2.78. The first-order valence-electron chi connectivity index (χ1n) is 5.96. The van der Waals surface area contributed by atoms with Gasteiger partial charge in [0.05, 0.1) is 12.2 Å². The zero-order valence-electron chi connectivity index (χ0n) is 10.8. The number of pyridine rings is 1. The molecule has 0 amide bonds. The first-order chi connectivity index (χ1) is 8.99. The second-order valence-electron chi connectivity index (χ2n) is 4.52. The zero-order chi connectivity index (χ0) is 14.0. The third-order valence-electron chi connectivity index (χ3n) is 2.78. The van der Waals surface area contributed by atoms with Gasteiger partial charge < -0.3 is 5.11 Å². The molecule has 0 aliphatic heterocycles. The molecule has 2 aromatic heterocycles. The van der Waals surface area contributed by atoms with Gasteiger partial charge in [-0.25, -0.2) is 4.79 Å². The third kappa shape index (κ3) is 2.73. The van der Waals surface area contributed by atoms with Gasteiger partial charge in [0.2, 0.25) is 0 Å². The number of carboxylic acids is 1. The van der Waals surface area contributed by atoms with Gasteiger partial charge in [-0.3, -0.25) is 14.0 Å². The monoisotopic (exact) mass is 261 g/mol. The Morgan fingerprint density at radius 1 is 1.37 bits per heavy atom. The molecule has 19 heavy (non-hydrogen) atoms. The molecular formula is C13H15N3O3. The Hall–Kier alpha value is -2.37. The number of aromatic nitrogens is 3. The van der Waals surface area contributed by atoms with Crippen molar-refractivity contribution in [3.05, 3.63) is 52.2 Å². The van der Waals surface area contributed by atoms with Crippen LogP contribution in [0.15, 0.2) is 35.3 Å². The van der Waals surface area contributed by atoms with Crippen molar-refractivity contribution in [2.45, 2.75) is 26.4 Å². The Kier molecular flexibility index (Phi) is 3.50. The fourth-order valence-electron chi connectivity index (χ4n) is 1.78. The Bertz CT molecular complexity index is 655. The van der Waals surface area contributed by atoms with Crippen molar-refractivity contribution in [2.24, 2.45) is 0 Å². The summed E-state index contributed by atoms with van der Waals surface area (Å²) in [5, 5.41) is 13.4. The molecule has 2 aromatic rings. The molecule has 0 saturated carbocycles. The van der Waals surface area contributed by atoms with Crippen LogP contribution in [0.25, 0.3) is 0 Å². The van der Waals surface area contributed by atoms with Crippen LogP contribution in [0.5, 0.6) is 0 Å². The summed E-state index contributed by atoms with van der Waals surface area (Å²) >= 11 is 0. The summed E-state index contributed by atoms with van der Waals surface area (Å²) < 4.78 is 2.97. The smallest absolute Gasteiger partial charge is 0.352 e. The van der Waals surface area contributed by atoms with Gasteiger partial charge in [0.15, 0.2) is 0 Å². The van der Waals surface area contributed by atoms with Gasteiger partial charge in [-0.05, 0) is 26.0 Å². The number of hydrogen-bond donors (Lipinski definition) is 1. The summed E-state index contributed by atoms with van der Waals surface area (Å²) in [4.78, 5) is 22.8. The molecule has 0 aliphatic carbocycles. The summed E-state index contributed by atoms with van der Waals surface area (Å²) in [5.74, 6) is -1.12. The topological polar surface area (TPSA) is 77.1 Å². The van der Waals surface area contributed by atoms with E-state index in [0.717, 1.165) is 0 Å². The number of aromatic carboxylic acids is 1. The Labute approximate surface area is 109 Å². The first kappa shape index (κ1) is 13.1. The Morgan fingerprint density at radius 2 is 2.11 bits per heavy atom. The van der Waals surface area contributed by atoms with Gasteiger partial charge in [0.25, 0.3) is 5.56 Å². The lowest BCUT2D eigenvalue weighted by Gasteiger charge is -2.08. The van der Waals surface area contributed by atoms with E-state index in [-0.39, 0.29) is 23.8 Å². The number of rotatable bonds is 4. The standard InChI is InChI=1S/C13H15N3O3/c1-9(2)16-7-6-10(14-16)8-15-11(13(18)19)4-3-5-12(15)17/h3-7,9H,8H2,1-2H3,(H,18,19). The molecule has 0 saturated heterocycles. The minimum absolute atomic E-state index is 0.0356. The van der Waals surface area contributed by atoms with E-state index in [1.165, 1.54) is 22.8 Å². The maximum absolute atomic E-state index is 11.8. The van der Waals surface area contributed by atoms with Crippen molar-refractivity contribution in [2.75, 3.05) is 0 Å². The number of nitrogens with zero attached hydrogens (tertiary/aromatic N) is 3. The van der Waals surface area contributed by atoms with E-state index in [0.29, 0.717) is 5.69 Å². The highest BCUT2D eigenvalue weighted by molar-refractivity contribution is 5.85. The molecular weight excluding hydrogens is 246 g/mol. The van der Waals surface area contributed by atoms with Crippen LogP contribution in [0.1, 0.15) is 36.1 Å². The first-order valence-corrected chi connectivity index (χ1v) is 5.96. The predicted octanol–water partition coefficient (Wildman–Crippen LogP) is 1.37. The van der Waals surface area contributed by atoms with Gasteiger partial charge in [-0.2, -0.15) is 5.10 Å². The summed E-state index contributed by atoms with van der Waals surface area (Å²) in [6.45, 7) is 4.14. The minimum Gasteiger partial charge on any atom is -0.477 e. The quantitative estimate of drug-likeness (QED) is 0.901. The van der Waals surface area contributed by atoms with E-state index in [4.69, 9.17) is 5.11 Å². The van der Waals surface area contributed by atoms with Crippen LogP contribution in [0, 0.1) is 0 Å². The molecule has 1 N–H and O–H groups in total. The Balaban J connectivity index is 2.37. The number of carboxylic acid groups (broad SMARTS) is 1. The lowest BCUT2D eigenvalue weighted by molar-refractivity contribution is 0.0684. The molecule has 2 rings (SSSR count). The zero-order valence-corrected chi connectivity index (χ0v) is 10.8. The summed E-state index contributed by atoms with van der Waals surface area (Å²) in [7, 11) is 0. The summed E-state index contributed by atoms with van der Waals surface area (Å²) in [5.41, 5.74) is 0.273. The van der Waals surface area contributed by atoms with Crippen molar-refractivity contribution >= 4 is 5.97 Å². The molecule has 0 radical (unpaired) electrons.